The maximum absolute atomic E-state index is 11.8. The fourth-order valence-electron chi connectivity index (χ4n) is 1.75. The van der Waals surface area contributed by atoms with Gasteiger partial charge in [-0.25, -0.2) is 0 Å². The summed E-state index contributed by atoms with van der Waals surface area (Å²) in [5.74, 6) is -0.712. The van der Waals surface area contributed by atoms with E-state index < -0.39 is 0 Å². The zero-order valence-corrected chi connectivity index (χ0v) is 9.70. The molecule has 0 atom stereocenters. The van der Waals surface area contributed by atoms with E-state index in [9.17, 15) is 9.59 Å². The highest BCUT2D eigenvalue weighted by Gasteiger charge is 2.25. The first-order valence-corrected chi connectivity index (χ1v) is 5.50. The predicted molar refractivity (Wildman–Crippen MR) is 64.1 cm³/mol. The van der Waals surface area contributed by atoms with Gasteiger partial charge in [0.15, 0.2) is 0 Å². The Morgan fingerprint density at radius 3 is 2.88 bits per heavy atom. The minimum Gasteiger partial charge on any atom is -0.395 e. The molecule has 0 saturated carbocycles. The fourth-order valence-corrected chi connectivity index (χ4v) is 1.92. The molecule has 6 heteroatoms. The van der Waals surface area contributed by atoms with Gasteiger partial charge in [0.1, 0.15) is 6.42 Å². The number of nitrogens with one attached hydrogen (secondary N) is 1. The van der Waals surface area contributed by atoms with E-state index in [0.29, 0.717) is 16.4 Å². The van der Waals surface area contributed by atoms with Crippen molar-refractivity contribution < 1.29 is 14.7 Å². The predicted octanol–water partition coefficient (Wildman–Crippen LogP) is 1.01. The van der Waals surface area contributed by atoms with Crippen molar-refractivity contribution in [3.05, 3.63) is 23.2 Å². The summed E-state index contributed by atoms with van der Waals surface area (Å²) >= 11 is 5.83. The van der Waals surface area contributed by atoms with Gasteiger partial charge in [0.25, 0.3) is 0 Å². The van der Waals surface area contributed by atoms with Crippen LogP contribution in [0.15, 0.2) is 18.2 Å². The second kappa shape index (κ2) is 4.73. The summed E-state index contributed by atoms with van der Waals surface area (Å²) in [7, 11) is 0. The molecule has 90 valence electrons. The Morgan fingerprint density at radius 2 is 2.18 bits per heavy atom. The van der Waals surface area contributed by atoms with Gasteiger partial charge in [-0.05, 0) is 18.2 Å². The van der Waals surface area contributed by atoms with Crippen molar-refractivity contribution in [3.8, 4) is 0 Å². The molecule has 0 spiro atoms. The lowest BCUT2D eigenvalue weighted by molar-refractivity contribution is -0.125. The van der Waals surface area contributed by atoms with E-state index in [2.05, 4.69) is 5.32 Å². The molecule has 2 N–H and O–H groups in total. The number of carbonyl (C=O) groups is 2. The highest BCUT2D eigenvalue weighted by molar-refractivity contribution is 6.31. The van der Waals surface area contributed by atoms with Crippen LogP contribution < -0.4 is 10.2 Å². The molecule has 2 rings (SSSR count). The molecular weight excluding hydrogens is 244 g/mol. The first-order chi connectivity index (χ1) is 8.11. The Balaban J connectivity index is 2.48. The van der Waals surface area contributed by atoms with Crippen molar-refractivity contribution in [1.82, 2.24) is 0 Å². The molecule has 0 saturated heterocycles. The molecule has 1 aliphatic rings. The Morgan fingerprint density at radius 1 is 1.41 bits per heavy atom. The second-order valence-electron chi connectivity index (χ2n) is 3.66. The molecule has 1 heterocycles. The first-order valence-electron chi connectivity index (χ1n) is 5.12. The fraction of sp³-hybridized carbons (Fsp3) is 0.273. The van der Waals surface area contributed by atoms with Crippen LogP contribution >= 0.6 is 11.6 Å². The van der Waals surface area contributed by atoms with Crippen molar-refractivity contribution in [3.63, 3.8) is 0 Å². The molecule has 1 aliphatic heterocycles. The van der Waals surface area contributed by atoms with E-state index in [4.69, 9.17) is 16.7 Å². The standard InChI is InChI=1S/C11H11ClN2O3/c12-7-1-2-9-8(5-7)13-10(16)6-11(17)14(9)3-4-15/h1-2,5,15H,3-4,6H2,(H,13,16). The molecule has 5 nitrogen and oxygen atoms in total. The van der Waals surface area contributed by atoms with Gasteiger partial charge in [-0.15, -0.1) is 0 Å². The zero-order chi connectivity index (χ0) is 12.4. The minimum absolute atomic E-state index is 0.155. The maximum atomic E-state index is 11.8. The Bertz CT molecular complexity index is 476. The number of halogens is 1. The number of carbonyl (C=O) groups excluding carboxylic acids is 2. The SMILES string of the molecule is O=C1CC(=O)N(CCO)c2ccc(Cl)cc2N1. The van der Waals surface area contributed by atoms with E-state index in [-0.39, 0.29) is 31.4 Å². The average Bonchev–Trinajstić information content (AvgIpc) is 2.36. The quantitative estimate of drug-likeness (QED) is 0.774. The Kier molecular flexibility index (Phi) is 3.31. The van der Waals surface area contributed by atoms with Crippen molar-refractivity contribution in [1.29, 1.82) is 0 Å². The van der Waals surface area contributed by atoms with Gasteiger partial charge in [-0.1, -0.05) is 11.6 Å². The number of aliphatic hydroxyl groups is 1. The lowest BCUT2D eigenvalue weighted by Gasteiger charge is -2.21. The van der Waals surface area contributed by atoms with E-state index >= 15 is 0 Å². The number of rotatable bonds is 2. The molecule has 0 unspecified atom stereocenters. The van der Waals surface area contributed by atoms with Gasteiger partial charge in [0, 0.05) is 11.6 Å². The van der Waals surface area contributed by atoms with Gasteiger partial charge < -0.3 is 15.3 Å². The monoisotopic (exact) mass is 254 g/mol. The zero-order valence-electron chi connectivity index (χ0n) is 8.94. The minimum atomic E-state index is -0.376. The van der Waals surface area contributed by atoms with Crippen molar-refractivity contribution in [2.75, 3.05) is 23.4 Å². The van der Waals surface area contributed by atoms with Crippen LogP contribution in [0, 0.1) is 0 Å². The summed E-state index contributed by atoms with van der Waals surface area (Å²) in [5, 5.41) is 12.0. The number of aliphatic hydroxyl groups excluding tert-OH is 1. The summed E-state index contributed by atoms with van der Waals surface area (Å²) in [4.78, 5) is 24.6. The highest BCUT2D eigenvalue weighted by atomic mass is 35.5. The van der Waals surface area contributed by atoms with Crippen LogP contribution in [0.2, 0.25) is 5.02 Å². The van der Waals surface area contributed by atoms with Crippen LogP contribution in [0.1, 0.15) is 6.42 Å². The molecule has 1 aromatic rings. The van der Waals surface area contributed by atoms with Crippen LogP contribution in [0.3, 0.4) is 0 Å². The molecule has 2 amide bonds. The molecule has 0 fully saturated rings. The second-order valence-corrected chi connectivity index (χ2v) is 4.09. The van der Waals surface area contributed by atoms with Gasteiger partial charge >= 0.3 is 0 Å². The average molecular weight is 255 g/mol. The maximum Gasteiger partial charge on any atom is 0.236 e. The number of benzene rings is 1. The Labute approximate surface area is 103 Å². The largest absolute Gasteiger partial charge is 0.395 e. The first kappa shape index (κ1) is 11.9. The normalized spacial score (nSPS) is 15.3. The summed E-state index contributed by atoms with van der Waals surface area (Å²) in [6.07, 6.45) is -0.230. The number of hydrogen-bond acceptors (Lipinski definition) is 3. The van der Waals surface area contributed by atoms with Crippen molar-refractivity contribution in [2.24, 2.45) is 0 Å². The molecule has 0 radical (unpaired) electrons. The lowest BCUT2D eigenvalue weighted by Crippen LogP contribution is -2.33. The molecule has 0 aliphatic carbocycles. The molecule has 1 aromatic carbocycles. The van der Waals surface area contributed by atoms with Crippen LogP contribution in [0.5, 0.6) is 0 Å². The third-order valence-electron chi connectivity index (χ3n) is 2.46. The lowest BCUT2D eigenvalue weighted by atomic mass is 10.2. The summed E-state index contributed by atoms with van der Waals surface area (Å²) in [6, 6.07) is 4.87. The van der Waals surface area contributed by atoms with Gasteiger partial charge in [0.2, 0.25) is 11.8 Å². The number of nitrogens with zero attached hydrogens (tertiary/aromatic N) is 1. The van der Waals surface area contributed by atoms with E-state index in [0.717, 1.165) is 0 Å². The molecular formula is C11H11ClN2O3. The summed E-state index contributed by atoms with van der Waals surface area (Å²) in [6.45, 7) is -0.00950. The van der Waals surface area contributed by atoms with E-state index in [1.807, 2.05) is 0 Å². The topological polar surface area (TPSA) is 69.6 Å². The third kappa shape index (κ3) is 2.40. The number of hydrogen-bond donors (Lipinski definition) is 2. The molecule has 0 bridgehead atoms. The molecule has 17 heavy (non-hydrogen) atoms. The van der Waals surface area contributed by atoms with Crippen LogP contribution in [-0.2, 0) is 9.59 Å². The van der Waals surface area contributed by atoms with Gasteiger partial charge in [-0.3, -0.25) is 9.59 Å². The van der Waals surface area contributed by atoms with Gasteiger partial charge in [0.05, 0.1) is 18.0 Å². The Hall–Kier alpha value is -1.59. The highest BCUT2D eigenvalue weighted by Crippen LogP contribution is 2.31. The number of anilines is 2. The smallest absolute Gasteiger partial charge is 0.236 e. The van der Waals surface area contributed by atoms with Gasteiger partial charge in [-0.2, -0.15) is 0 Å². The summed E-state index contributed by atoms with van der Waals surface area (Å²) in [5.41, 5.74) is 1.04. The van der Waals surface area contributed by atoms with Crippen LogP contribution in [-0.4, -0.2) is 30.1 Å². The number of fused-ring (bicyclic) bond motifs is 1. The van der Waals surface area contributed by atoms with Crippen molar-refractivity contribution in [2.45, 2.75) is 6.42 Å². The van der Waals surface area contributed by atoms with Crippen molar-refractivity contribution >= 4 is 34.8 Å². The number of amides is 2. The van der Waals surface area contributed by atoms with E-state index in [1.54, 1.807) is 18.2 Å². The van der Waals surface area contributed by atoms with E-state index in [1.165, 1.54) is 4.90 Å². The van der Waals surface area contributed by atoms with Crippen LogP contribution in [0.25, 0.3) is 0 Å². The summed E-state index contributed by atoms with van der Waals surface area (Å²) < 4.78 is 0. The van der Waals surface area contributed by atoms with Crippen LogP contribution in [0.4, 0.5) is 11.4 Å². The number of β-amino-alcohol motifs (C(OH)–C–C–N with tert-alkyl or cyclic N) is 1. The molecule has 0 aromatic heterocycles. The third-order valence-corrected chi connectivity index (χ3v) is 2.70.